The Morgan fingerprint density at radius 3 is 2.22 bits per heavy atom. The molecule has 2 aliphatic carbocycles. The number of benzene rings is 2. The smallest absolute Gasteiger partial charge is 0.256 e. The van der Waals surface area contributed by atoms with Gasteiger partial charge >= 0.3 is 0 Å². The van der Waals surface area contributed by atoms with Gasteiger partial charge in [0.15, 0.2) is 0 Å². The lowest BCUT2D eigenvalue weighted by atomic mass is 9.76. The third-order valence-electron chi connectivity index (χ3n) is 4.71. The zero-order chi connectivity index (χ0) is 16.2. The van der Waals surface area contributed by atoms with Crippen LogP contribution >= 0.6 is 0 Å². The van der Waals surface area contributed by atoms with E-state index >= 15 is 0 Å². The SMILES string of the molecule is N=S(N)(=O)c1ccccc1C(=O)Nc1c2c(cc3c1CC3)CC2. The summed E-state index contributed by atoms with van der Waals surface area (Å²) in [6.07, 6.45) is 4.08. The molecule has 0 radical (unpaired) electrons. The van der Waals surface area contributed by atoms with Crippen molar-refractivity contribution in [1.82, 2.24) is 0 Å². The summed E-state index contributed by atoms with van der Waals surface area (Å²) in [5, 5.41) is 8.42. The molecule has 4 rings (SSSR count). The minimum atomic E-state index is -3.44. The summed E-state index contributed by atoms with van der Waals surface area (Å²) in [5.74, 6) is -0.347. The topological polar surface area (TPSA) is 96.0 Å². The number of anilines is 1. The van der Waals surface area contributed by atoms with Crippen LogP contribution in [0, 0.1) is 4.78 Å². The molecule has 0 spiro atoms. The minimum absolute atomic E-state index is 0.0751. The second-order valence-corrected chi connectivity index (χ2v) is 7.72. The average Bonchev–Trinajstić information content (AvgIpc) is 2.43. The van der Waals surface area contributed by atoms with Gasteiger partial charge in [-0.05, 0) is 60.1 Å². The molecule has 1 unspecified atom stereocenters. The van der Waals surface area contributed by atoms with E-state index in [0.717, 1.165) is 31.4 Å². The molecule has 2 aromatic carbocycles. The Labute approximate surface area is 135 Å². The lowest BCUT2D eigenvalue weighted by molar-refractivity contribution is 0.102. The highest BCUT2D eigenvalue weighted by Gasteiger charge is 2.28. The van der Waals surface area contributed by atoms with Crippen molar-refractivity contribution in [3.05, 3.63) is 58.1 Å². The summed E-state index contributed by atoms with van der Waals surface area (Å²) in [6, 6.07) is 8.61. The number of amides is 1. The zero-order valence-electron chi connectivity index (χ0n) is 12.5. The van der Waals surface area contributed by atoms with Crippen molar-refractivity contribution in [2.75, 3.05) is 5.32 Å². The first-order valence-corrected chi connectivity index (χ1v) is 9.20. The van der Waals surface area contributed by atoms with Crippen molar-refractivity contribution < 1.29 is 9.00 Å². The van der Waals surface area contributed by atoms with Crippen molar-refractivity contribution in [3.63, 3.8) is 0 Å². The lowest BCUT2D eigenvalue weighted by Gasteiger charge is -2.32. The third-order valence-corrected chi connectivity index (χ3v) is 5.72. The molecule has 1 atom stereocenters. The number of nitrogens with one attached hydrogen (secondary N) is 2. The molecule has 5 nitrogen and oxygen atoms in total. The molecule has 1 amide bonds. The number of rotatable bonds is 3. The van der Waals surface area contributed by atoms with Crippen molar-refractivity contribution in [1.29, 1.82) is 4.78 Å². The largest absolute Gasteiger partial charge is 0.321 e. The summed E-state index contributed by atoms with van der Waals surface area (Å²) in [5.41, 5.74) is 6.19. The van der Waals surface area contributed by atoms with Crippen LogP contribution in [0.15, 0.2) is 35.2 Å². The normalized spacial score (nSPS) is 17.1. The number of carbonyl (C=O) groups excluding carboxylic acids is 1. The van der Waals surface area contributed by atoms with Gasteiger partial charge in [0.25, 0.3) is 5.91 Å². The van der Waals surface area contributed by atoms with Gasteiger partial charge in [0.1, 0.15) is 9.92 Å². The molecule has 6 heteroatoms. The molecular weight excluding hydrogens is 310 g/mol. The second kappa shape index (κ2) is 4.91. The molecular formula is C17H17N3O2S. The van der Waals surface area contributed by atoms with E-state index in [9.17, 15) is 9.00 Å². The molecule has 2 aliphatic rings. The number of nitrogens with two attached hydrogens (primary N) is 1. The number of hydrogen-bond donors (Lipinski definition) is 3. The van der Waals surface area contributed by atoms with Gasteiger partial charge in [-0.15, -0.1) is 0 Å². The van der Waals surface area contributed by atoms with E-state index in [1.54, 1.807) is 18.2 Å². The van der Waals surface area contributed by atoms with E-state index in [4.69, 9.17) is 9.92 Å². The fraction of sp³-hybridized carbons (Fsp3) is 0.235. The van der Waals surface area contributed by atoms with Crippen molar-refractivity contribution in [2.45, 2.75) is 30.6 Å². The maximum Gasteiger partial charge on any atom is 0.256 e. The standard InChI is InChI=1S/C17H17N3O2S/c18-23(19,22)15-4-2-1-3-14(15)17(21)20-16-12-7-5-10(12)9-11-6-8-13(11)16/h1-4,9H,5-8H2,(H,20,21)(H3,18,19,22). The van der Waals surface area contributed by atoms with Crippen LogP contribution in [0.5, 0.6) is 0 Å². The number of fused-ring (bicyclic) bond motifs is 2. The van der Waals surface area contributed by atoms with E-state index in [1.165, 1.54) is 28.3 Å². The van der Waals surface area contributed by atoms with Gasteiger partial charge in [-0.25, -0.2) is 14.1 Å². The Morgan fingerprint density at radius 2 is 1.70 bits per heavy atom. The first-order valence-electron chi connectivity index (χ1n) is 7.58. The number of aryl methyl sites for hydroxylation is 2. The molecule has 0 saturated heterocycles. The second-order valence-electron chi connectivity index (χ2n) is 6.08. The Balaban J connectivity index is 1.74. The molecule has 118 valence electrons. The summed E-state index contributed by atoms with van der Waals surface area (Å²) < 4.78 is 19.5. The van der Waals surface area contributed by atoms with Crippen LogP contribution in [-0.4, -0.2) is 10.1 Å². The predicted octanol–water partition coefficient (Wildman–Crippen LogP) is 2.42. The van der Waals surface area contributed by atoms with Gasteiger partial charge in [-0.3, -0.25) is 4.79 Å². The van der Waals surface area contributed by atoms with Gasteiger partial charge in [0.2, 0.25) is 0 Å². The van der Waals surface area contributed by atoms with Crippen LogP contribution in [0.3, 0.4) is 0 Å². The highest BCUT2D eigenvalue weighted by atomic mass is 32.2. The Kier molecular flexibility index (Phi) is 3.08. The Bertz CT molecular complexity index is 918. The van der Waals surface area contributed by atoms with E-state index in [1.807, 2.05) is 0 Å². The molecule has 23 heavy (non-hydrogen) atoms. The highest BCUT2D eigenvalue weighted by molar-refractivity contribution is 7.90. The van der Waals surface area contributed by atoms with Crippen LogP contribution in [-0.2, 0) is 35.6 Å². The van der Waals surface area contributed by atoms with Crippen LogP contribution in [0.2, 0.25) is 0 Å². The van der Waals surface area contributed by atoms with Gasteiger partial charge < -0.3 is 5.32 Å². The number of hydrogen-bond acceptors (Lipinski definition) is 3. The van der Waals surface area contributed by atoms with Gasteiger partial charge in [-0.2, -0.15) is 0 Å². The lowest BCUT2D eigenvalue weighted by Crippen LogP contribution is -2.25. The Hall–Kier alpha value is -2.18. The molecule has 4 N–H and O–H groups in total. The maximum atomic E-state index is 12.7. The predicted molar refractivity (Wildman–Crippen MR) is 89.0 cm³/mol. The van der Waals surface area contributed by atoms with Crippen molar-refractivity contribution >= 4 is 21.5 Å². The fourth-order valence-corrected chi connectivity index (χ4v) is 4.09. The summed E-state index contributed by atoms with van der Waals surface area (Å²) in [7, 11) is -3.44. The van der Waals surface area contributed by atoms with Crippen LogP contribution < -0.4 is 10.5 Å². The first kappa shape index (κ1) is 14.4. The first-order chi connectivity index (χ1) is 10.9. The van der Waals surface area contributed by atoms with Crippen LogP contribution in [0.25, 0.3) is 0 Å². The van der Waals surface area contributed by atoms with Gasteiger partial charge in [0.05, 0.1) is 10.5 Å². The molecule has 0 saturated carbocycles. The maximum absolute atomic E-state index is 12.7. The van der Waals surface area contributed by atoms with Crippen LogP contribution in [0.4, 0.5) is 5.69 Å². The molecule has 0 heterocycles. The van der Waals surface area contributed by atoms with Gasteiger partial charge in [-0.1, -0.05) is 18.2 Å². The van der Waals surface area contributed by atoms with E-state index < -0.39 is 9.92 Å². The van der Waals surface area contributed by atoms with Crippen LogP contribution in [0.1, 0.15) is 32.6 Å². The fourth-order valence-electron chi connectivity index (χ4n) is 3.32. The van der Waals surface area contributed by atoms with E-state index in [2.05, 4.69) is 11.4 Å². The molecule has 0 fully saturated rings. The Morgan fingerprint density at radius 1 is 1.09 bits per heavy atom. The molecule has 0 aliphatic heterocycles. The third kappa shape index (κ3) is 2.26. The molecule has 2 aromatic rings. The van der Waals surface area contributed by atoms with Crippen molar-refractivity contribution in [3.8, 4) is 0 Å². The summed E-state index contributed by atoms with van der Waals surface area (Å²) in [4.78, 5) is 12.8. The molecule has 0 bridgehead atoms. The van der Waals surface area contributed by atoms with E-state index in [0.29, 0.717) is 0 Å². The van der Waals surface area contributed by atoms with Crippen molar-refractivity contribution in [2.24, 2.45) is 5.14 Å². The zero-order valence-corrected chi connectivity index (χ0v) is 13.3. The minimum Gasteiger partial charge on any atom is -0.321 e. The average molecular weight is 327 g/mol. The summed E-state index contributed by atoms with van der Waals surface area (Å²) >= 11 is 0. The summed E-state index contributed by atoms with van der Waals surface area (Å²) in [6.45, 7) is 0. The quantitative estimate of drug-likeness (QED) is 0.807. The molecule has 0 aromatic heterocycles. The van der Waals surface area contributed by atoms with E-state index in [-0.39, 0.29) is 16.4 Å². The number of carbonyl (C=O) groups is 1. The monoisotopic (exact) mass is 327 g/mol. The van der Waals surface area contributed by atoms with Gasteiger partial charge in [0, 0.05) is 5.69 Å². The highest BCUT2D eigenvalue weighted by Crippen LogP contribution is 2.40.